The third kappa shape index (κ3) is 3.10. The van der Waals surface area contributed by atoms with E-state index < -0.39 is 5.54 Å². The van der Waals surface area contributed by atoms with E-state index in [1.165, 1.54) is 0 Å². The molecular weight excluding hydrogens is 254 g/mol. The minimum Gasteiger partial charge on any atom is -0.409 e. The van der Waals surface area contributed by atoms with Crippen LogP contribution in [0.15, 0.2) is 29.4 Å². The Morgan fingerprint density at radius 3 is 2.40 bits per heavy atom. The highest BCUT2D eigenvalue weighted by Crippen LogP contribution is 2.18. The number of amidine groups is 1. The largest absolute Gasteiger partial charge is 0.409 e. The Morgan fingerprint density at radius 1 is 1.30 bits per heavy atom. The lowest BCUT2D eigenvalue weighted by Crippen LogP contribution is -2.57. The standard InChI is InChI=1S/C15H23N3O2/c1-4-11-9-7-8-10-12(11)13(19)17-15(5-2,6-3)14(16)18-20/h7-10,20H,4-6H2,1-3H3,(H2,16,18)(H,17,19). The second kappa shape index (κ2) is 6.93. The van der Waals surface area contributed by atoms with E-state index in [0.29, 0.717) is 18.4 Å². The number of rotatable bonds is 6. The zero-order valence-corrected chi connectivity index (χ0v) is 12.3. The summed E-state index contributed by atoms with van der Waals surface area (Å²) in [6, 6.07) is 7.46. The second-order valence-corrected chi connectivity index (χ2v) is 4.74. The van der Waals surface area contributed by atoms with Crippen LogP contribution in [0.3, 0.4) is 0 Å². The summed E-state index contributed by atoms with van der Waals surface area (Å²) in [5.74, 6) is -0.164. The smallest absolute Gasteiger partial charge is 0.252 e. The Hall–Kier alpha value is -2.04. The Morgan fingerprint density at radius 2 is 1.90 bits per heavy atom. The lowest BCUT2D eigenvalue weighted by atomic mass is 9.90. The van der Waals surface area contributed by atoms with Gasteiger partial charge in [-0.1, -0.05) is 44.1 Å². The maximum Gasteiger partial charge on any atom is 0.252 e. The SMILES string of the molecule is CCc1ccccc1C(=O)NC(CC)(CC)/C(N)=N/O. The van der Waals surface area contributed by atoms with Crippen LogP contribution in [0.1, 0.15) is 49.5 Å². The first-order chi connectivity index (χ1) is 9.54. The highest BCUT2D eigenvalue weighted by atomic mass is 16.4. The minimum atomic E-state index is -0.813. The maximum absolute atomic E-state index is 12.5. The molecule has 0 radical (unpaired) electrons. The predicted molar refractivity (Wildman–Crippen MR) is 80.0 cm³/mol. The molecule has 1 amide bonds. The van der Waals surface area contributed by atoms with Crippen molar-refractivity contribution in [3.05, 3.63) is 35.4 Å². The average molecular weight is 277 g/mol. The fourth-order valence-corrected chi connectivity index (χ4v) is 2.28. The van der Waals surface area contributed by atoms with Gasteiger partial charge in [0, 0.05) is 5.56 Å². The van der Waals surface area contributed by atoms with Crippen molar-refractivity contribution in [3.63, 3.8) is 0 Å². The summed E-state index contributed by atoms with van der Waals surface area (Å²) in [4.78, 5) is 12.5. The van der Waals surface area contributed by atoms with Crippen molar-refractivity contribution >= 4 is 11.7 Å². The van der Waals surface area contributed by atoms with E-state index in [9.17, 15) is 4.79 Å². The number of aryl methyl sites for hydroxylation is 1. The number of hydrogen-bond acceptors (Lipinski definition) is 3. The van der Waals surface area contributed by atoms with Crippen LogP contribution < -0.4 is 11.1 Å². The number of nitrogens with zero attached hydrogens (tertiary/aromatic N) is 1. The molecule has 1 aromatic rings. The van der Waals surface area contributed by atoms with Gasteiger partial charge >= 0.3 is 0 Å². The molecular formula is C15H23N3O2. The first-order valence-electron chi connectivity index (χ1n) is 6.93. The van der Waals surface area contributed by atoms with E-state index in [-0.39, 0.29) is 11.7 Å². The number of carbonyl (C=O) groups excluding carboxylic acids is 1. The van der Waals surface area contributed by atoms with Crippen LogP contribution in [0, 0.1) is 0 Å². The Balaban J connectivity index is 3.09. The number of amides is 1. The van der Waals surface area contributed by atoms with Gasteiger partial charge in [0.15, 0.2) is 5.84 Å². The van der Waals surface area contributed by atoms with E-state index in [1.54, 1.807) is 6.07 Å². The Bertz CT molecular complexity index is 494. The number of nitrogens with one attached hydrogen (secondary N) is 1. The molecule has 110 valence electrons. The number of nitrogens with two attached hydrogens (primary N) is 1. The van der Waals surface area contributed by atoms with Gasteiger partial charge in [-0.25, -0.2) is 0 Å². The lowest BCUT2D eigenvalue weighted by molar-refractivity contribution is 0.0917. The number of benzene rings is 1. The van der Waals surface area contributed by atoms with E-state index in [0.717, 1.165) is 12.0 Å². The van der Waals surface area contributed by atoms with Crippen LogP contribution in [0.4, 0.5) is 0 Å². The van der Waals surface area contributed by atoms with Crippen LogP contribution in [-0.2, 0) is 6.42 Å². The highest BCUT2D eigenvalue weighted by molar-refractivity contribution is 6.01. The second-order valence-electron chi connectivity index (χ2n) is 4.74. The van der Waals surface area contributed by atoms with Gasteiger partial charge < -0.3 is 16.3 Å². The highest BCUT2D eigenvalue weighted by Gasteiger charge is 2.33. The molecule has 0 aliphatic carbocycles. The van der Waals surface area contributed by atoms with E-state index in [1.807, 2.05) is 39.0 Å². The van der Waals surface area contributed by atoms with E-state index in [2.05, 4.69) is 10.5 Å². The van der Waals surface area contributed by atoms with Gasteiger partial charge in [-0.3, -0.25) is 4.79 Å². The van der Waals surface area contributed by atoms with E-state index in [4.69, 9.17) is 10.9 Å². The molecule has 5 nitrogen and oxygen atoms in total. The molecule has 0 unspecified atom stereocenters. The molecule has 0 spiro atoms. The number of oxime groups is 1. The van der Waals surface area contributed by atoms with Gasteiger partial charge in [0.2, 0.25) is 0 Å². The summed E-state index contributed by atoms with van der Waals surface area (Å²) in [7, 11) is 0. The fourth-order valence-electron chi connectivity index (χ4n) is 2.28. The maximum atomic E-state index is 12.5. The Kier molecular flexibility index (Phi) is 5.55. The molecule has 5 heteroatoms. The van der Waals surface area contributed by atoms with Gasteiger partial charge in [-0.15, -0.1) is 0 Å². The number of hydrogen-bond donors (Lipinski definition) is 3. The average Bonchev–Trinajstić information content (AvgIpc) is 2.51. The molecule has 20 heavy (non-hydrogen) atoms. The Labute approximate surface area is 119 Å². The first-order valence-corrected chi connectivity index (χ1v) is 6.93. The third-order valence-electron chi connectivity index (χ3n) is 3.80. The molecule has 0 aromatic heterocycles. The van der Waals surface area contributed by atoms with Crippen molar-refractivity contribution in [2.75, 3.05) is 0 Å². The van der Waals surface area contributed by atoms with Crippen LogP contribution in [0.2, 0.25) is 0 Å². The summed E-state index contributed by atoms with van der Waals surface area (Å²) in [6.45, 7) is 5.80. The van der Waals surface area contributed by atoms with Crippen LogP contribution >= 0.6 is 0 Å². The zero-order chi connectivity index (χ0) is 15.2. The van der Waals surface area contributed by atoms with Gasteiger partial charge in [-0.05, 0) is 30.9 Å². The summed E-state index contributed by atoms with van der Waals surface area (Å²) in [5.41, 5.74) is 6.55. The molecule has 0 fully saturated rings. The molecule has 0 bridgehead atoms. The van der Waals surface area contributed by atoms with Crippen molar-refractivity contribution in [3.8, 4) is 0 Å². The molecule has 4 N–H and O–H groups in total. The van der Waals surface area contributed by atoms with Crippen molar-refractivity contribution in [1.82, 2.24) is 5.32 Å². The third-order valence-corrected chi connectivity index (χ3v) is 3.80. The normalized spacial score (nSPS) is 12.2. The lowest BCUT2D eigenvalue weighted by Gasteiger charge is -2.31. The molecule has 0 aliphatic heterocycles. The van der Waals surface area contributed by atoms with Gasteiger partial charge in [0.05, 0.1) is 0 Å². The fraction of sp³-hybridized carbons (Fsp3) is 0.467. The molecule has 1 rings (SSSR count). The molecule has 0 atom stereocenters. The van der Waals surface area contributed by atoms with E-state index >= 15 is 0 Å². The minimum absolute atomic E-state index is 0.0322. The predicted octanol–water partition coefficient (Wildman–Crippen LogP) is 2.28. The molecule has 0 saturated carbocycles. The van der Waals surface area contributed by atoms with Gasteiger partial charge in [0.1, 0.15) is 5.54 Å². The molecule has 0 saturated heterocycles. The van der Waals surface area contributed by atoms with Crippen molar-refractivity contribution in [2.24, 2.45) is 10.9 Å². The summed E-state index contributed by atoms with van der Waals surface area (Å²) in [5, 5.41) is 14.9. The summed E-state index contributed by atoms with van der Waals surface area (Å²) >= 11 is 0. The first kappa shape index (κ1) is 16.0. The topological polar surface area (TPSA) is 87.7 Å². The molecule has 0 aliphatic rings. The van der Waals surface area contributed by atoms with Crippen molar-refractivity contribution in [2.45, 2.75) is 45.6 Å². The monoisotopic (exact) mass is 277 g/mol. The van der Waals surface area contributed by atoms with Crippen molar-refractivity contribution < 1.29 is 10.0 Å². The summed E-state index contributed by atoms with van der Waals surface area (Å²) < 4.78 is 0. The quantitative estimate of drug-likeness (QED) is 0.322. The zero-order valence-electron chi connectivity index (χ0n) is 12.3. The van der Waals surface area contributed by atoms with Crippen LogP contribution in [-0.4, -0.2) is 22.5 Å². The van der Waals surface area contributed by atoms with Crippen LogP contribution in [0.25, 0.3) is 0 Å². The molecule has 0 heterocycles. The summed E-state index contributed by atoms with van der Waals surface area (Å²) in [6.07, 6.45) is 1.89. The van der Waals surface area contributed by atoms with Crippen molar-refractivity contribution in [1.29, 1.82) is 0 Å². The van der Waals surface area contributed by atoms with Crippen LogP contribution in [0.5, 0.6) is 0 Å². The van der Waals surface area contributed by atoms with Gasteiger partial charge in [-0.2, -0.15) is 0 Å². The van der Waals surface area contributed by atoms with Gasteiger partial charge in [0.25, 0.3) is 5.91 Å². The number of carbonyl (C=O) groups is 1. The molecule has 1 aromatic carbocycles.